The Kier molecular flexibility index (Phi) is 6.26. The highest BCUT2D eigenvalue weighted by Gasteiger charge is 2.28. The second-order valence-electron chi connectivity index (χ2n) is 6.98. The lowest BCUT2D eigenvalue weighted by molar-refractivity contribution is -0.133. The number of halogens is 1. The third-order valence-electron chi connectivity index (χ3n) is 5.05. The summed E-state index contributed by atoms with van der Waals surface area (Å²) >= 11 is 0. The maximum atomic E-state index is 13.3. The third kappa shape index (κ3) is 5.16. The van der Waals surface area contributed by atoms with Crippen molar-refractivity contribution in [2.24, 2.45) is 0 Å². The maximum Gasteiger partial charge on any atom is 0.236 e. The van der Waals surface area contributed by atoms with E-state index >= 15 is 0 Å². The van der Waals surface area contributed by atoms with E-state index in [0.717, 1.165) is 25.9 Å². The number of amides is 1. The van der Waals surface area contributed by atoms with Crippen molar-refractivity contribution in [1.82, 2.24) is 9.80 Å². The molecule has 6 heteroatoms. The number of rotatable bonds is 4. The van der Waals surface area contributed by atoms with Crippen LogP contribution >= 0.6 is 0 Å². The van der Waals surface area contributed by atoms with Crippen LogP contribution in [0.5, 0.6) is 5.75 Å². The van der Waals surface area contributed by atoms with Crippen LogP contribution in [0, 0.1) is 5.82 Å². The van der Waals surface area contributed by atoms with Crippen LogP contribution in [0.4, 0.5) is 4.39 Å². The Balaban J connectivity index is 1.52. The van der Waals surface area contributed by atoms with E-state index in [4.69, 9.17) is 4.74 Å². The highest BCUT2D eigenvalue weighted by atomic mass is 19.1. The van der Waals surface area contributed by atoms with Gasteiger partial charge in [-0.15, -0.1) is 0 Å². The fourth-order valence-electron chi connectivity index (χ4n) is 3.56. The van der Waals surface area contributed by atoms with E-state index in [-0.39, 0.29) is 17.8 Å². The maximum absolute atomic E-state index is 13.3. The average molecular weight is 350 g/mol. The lowest BCUT2D eigenvalue weighted by Gasteiger charge is -2.29. The highest BCUT2D eigenvalue weighted by Crippen LogP contribution is 2.21. The molecule has 2 aliphatic rings. The van der Waals surface area contributed by atoms with Crippen molar-refractivity contribution < 1.29 is 19.0 Å². The number of nitrogens with zero attached hydrogens (tertiary/aromatic N) is 2. The van der Waals surface area contributed by atoms with Gasteiger partial charge in [-0.3, -0.25) is 9.69 Å². The van der Waals surface area contributed by atoms with Crippen LogP contribution in [0.3, 0.4) is 0 Å². The van der Waals surface area contributed by atoms with Gasteiger partial charge >= 0.3 is 0 Å². The number of hydrogen-bond acceptors (Lipinski definition) is 4. The van der Waals surface area contributed by atoms with E-state index in [1.165, 1.54) is 18.6 Å². The number of aliphatic hydroxyl groups is 1. The smallest absolute Gasteiger partial charge is 0.236 e. The molecule has 25 heavy (non-hydrogen) atoms. The molecule has 2 fully saturated rings. The first-order valence-corrected chi connectivity index (χ1v) is 9.22. The molecule has 3 rings (SSSR count). The molecule has 0 radical (unpaired) electrons. The molecular formula is C19H27FN2O3. The van der Waals surface area contributed by atoms with Crippen molar-refractivity contribution in [2.75, 3.05) is 32.7 Å². The molecule has 1 amide bonds. The minimum atomic E-state index is -0.613. The number of hydrogen-bond donors (Lipinski definition) is 1. The van der Waals surface area contributed by atoms with Gasteiger partial charge < -0.3 is 14.7 Å². The van der Waals surface area contributed by atoms with Gasteiger partial charge in [-0.05, 0) is 44.2 Å². The molecule has 0 spiro atoms. The molecule has 2 saturated heterocycles. The Morgan fingerprint density at radius 2 is 1.92 bits per heavy atom. The van der Waals surface area contributed by atoms with Gasteiger partial charge in [0.05, 0.1) is 12.6 Å². The molecule has 1 N–H and O–H groups in total. The standard InChI is InChI=1S/C19H27FN2O3/c20-15-5-4-6-16(13-15)25-18-8-12-21(11-7-17(18)23)14-19(24)22-9-2-1-3-10-22/h4-6,13,17-18,23H,1-3,7-12,14H2/t17-,18-/m0/s1. The molecule has 0 unspecified atom stereocenters. The van der Waals surface area contributed by atoms with Crippen LogP contribution < -0.4 is 4.74 Å². The summed E-state index contributed by atoms with van der Waals surface area (Å²) in [7, 11) is 0. The average Bonchev–Trinajstić information content (AvgIpc) is 2.78. The number of benzene rings is 1. The van der Waals surface area contributed by atoms with Crippen molar-refractivity contribution in [1.29, 1.82) is 0 Å². The molecule has 2 aliphatic heterocycles. The fourth-order valence-corrected chi connectivity index (χ4v) is 3.56. The number of aliphatic hydroxyl groups excluding tert-OH is 1. The number of piperidine rings is 1. The first kappa shape index (κ1) is 18.1. The number of carbonyl (C=O) groups is 1. The lowest BCUT2D eigenvalue weighted by atomic mass is 10.1. The summed E-state index contributed by atoms with van der Waals surface area (Å²) < 4.78 is 19.1. The fraction of sp³-hybridized carbons (Fsp3) is 0.632. The minimum Gasteiger partial charge on any atom is -0.488 e. The zero-order chi connectivity index (χ0) is 17.6. The van der Waals surface area contributed by atoms with Gasteiger partial charge in [0.15, 0.2) is 0 Å². The van der Waals surface area contributed by atoms with Crippen LogP contribution in [0.2, 0.25) is 0 Å². The van der Waals surface area contributed by atoms with E-state index in [1.54, 1.807) is 12.1 Å². The molecule has 1 aromatic carbocycles. The molecule has 0 saturated carbocycles. The van der Waals surface area contributed by atoms with Gasteiger partial charge in [-0.1, -0.05) is 6.07 Å². The Labute approximate surface area is 148 Å². The molecule has 0 aliphatic carbocycles. The second-order valence-corrected chi connectivity index (χ2v) is 6.98. The van der Waals surface area contributed by atoms with Crippen molar-refractivity contribution in [3.63, 3.8) is 0 Å². The Morgan fingerprint density at radius 3 is 2.68 bits per heavy atom. The summed E-state index contributed by atoms with van der Waals surface area (Å²) in [4.78, 5) is 16.5. The Hall–Kier alpha value is -1.66. The highest BCUT2D eigenvalue weighted by molar-refractivity contribution is 5.78. The number of ether oxygens (including phenoxy) is 1. The molecular weight excluding hydrogens is 323 g/mol. The van der Waals surface area contributed by atoms with Gasteiger partial charge in [-0.2, -0.15) is 0 Å². The molecule has 5 nitrogen and oxygen atoms in total. The van der Waals surface area contributed by atoms with Gasteiger partial charge in [0.1, 0.15) is 17.7 Å². The first-order valence-electron chi connectivity index (χ1n) is 9.22. The molecule has 2 heterocycles. The predicted molar refractivity (Wildman–Crippen MR) is 92.9 cm³/mol. The second kappa shape index (κ2) is 8.63. The van der Waals surface area contributed by atoms with Gasteiger partial charge in [0.25, 0.3) is 0 Å². The van der Waals surface area contributed by atoms with Crippen molar-refractivity contribution >= 4 is 5.91 Å². The van der Waals surface area contributed by atoms with Crippen LogP contribution in [0.25, 0.3) is 0 Å². The molecule has 0 bridgehead atoms. The van der Waals surface area contributed by atoms with Crippen molar-refractivity contribution in [2.45, 2.75) is 44.3 Å². The summed E-state index contributed by atoms with van der Waals surface area (Å²) in [5.41, 5.74) is 0. The van der Waals surface area contributed by atoms with Crippen molar-refractivity contribution in [3.05, 3.63) is 30.1 Å². The zero-order valence-electron chi connectivity index (χ0n) is 14.6. The number of carbonyl (C=O) groups excluding carboxylic acids is 1. The van der Waals surface area contributed by atoms with Crippen LogP contribution in [-0.2, 0) is 4.79 Å². The largest absolute Gasteiger partial charge is 0.488 e. The van der Waals surface area contributed by atoms with Crippen molar-refractivity contribution in [3.8, 4) is 5.75 Å². The Morgan fingerprint density at radius 1 is 1.16 bits per heavy atom. The van der Waals surface area contributed by atoms with Crippen LogP contribution in [0.1, 0.15) is 32.1 Å². The van der Waals surface area contributed by atoms with E-state index in [2.05, 4.69) is 4.90 Å². The van der Waals surface area contributed by atoms with Gasteiger partial charge in [0.2, 0.25) is 5.91 Å². The normalized spacial score (nSPS) is 25.4. The SMILES string of the molecule is O=C(CN1CC[C@H](Oc2cccc(F)c2)[C@@H](O)CC1)N1CCCCC1. The molecule has 2 atom stereocenters. The van der Waals surface area contributed by atoms with Crippen LogP contribution in [0.15, 0.2) is 24.3 Å². The van der Waals surface area contributed by atoms with E-state index in [0.29, 0.717) is 38.2 Å². The van der Waals surface area contributed by atoms with Gasteiger partial charge in [-0.25, -0.2) is 4.39 Å². The predicted octanol–water partition coefficient (Wildman–Crippen LogP) is 2.04. The molecule has 138 valence electrons. The summed E-state index contributed by atoms with van der Waals surface area (Å²) in [5, 5.41) is 10.3. The summed E-state index contributed by atoms with van der Waals surface area (Å²) in [6.07, 6.45) is 3.56. The third-order valence-corrected chi connectivity index (χ3v) is 5.05. The Bertz CT molecular complexity index is 578. The van der Waals surface area contributed by atoms with Crippen LogP contribution in [-0.4, -0.2) is 65.7 Å². The van der Waals surface area contributed by atoms with E-state index in [1.807, 2.05) is 4.90 Å². The molecule has 0 aromatic heterocycles. The minimum absolute atomic E-state index is 0.179. The number of likely N-dealkylation sites (tertiary alicyclic amines) is 2. The topological polar surface area (TPSA) is 53.0 Å². The quantitative estimate of drug-likeness (QED) is 0.903. The monoisotopic (exact) mass is 350 g/mol. The molecule has 1 aromatic rings. The summed E-state index contributed by atoms with van der Waals surface area (Å²) in [6.45, 7) is 3.49. The zero-order valence-corrected chi connectivity index (χ0v) is 14.6. The summed E-state index contributed by atoms with van der Waals surface area (Å²) in [5.74, 6) is 0.259. The van der Waals surface area contributed by atoms with Gasteiger partial charge in [0, 0.05) is 32.2 Å². The first-order chi connectivity index (χ1) is 12.1. The summed E-state index contributed by atoms with van der Waals surface area (Å²) in [6, 6.07) is 5.98. The lowest BCUT2D eigenvalue weighted by Crippen LogP contribution is -2.43. The van der Waals surface area contributed by atoms with E-state index in [9.17, 15) is 14.3 Å². The van der Waals surface area contributed by atoms with E-state index < -0.39 is 6.10 Å².